The van der Waals surface area contributed by atoms with Crippen molar-refractivity contribution in [3.8, 4) is 33.8 Å². The molecule has 0 fully saturated rings. The second kappa shape index (κ2) is 11.2. The summed E-state index contributed by atoms with van der Waals surface area (Å²) in [5.74, 6) is 0. The zero-order valence-corrected chi connectivity index (χ0v) is 28.0. The molecule has 0 amide bonds. The van der Waals surface area contributed by atoms with E-state index in [1.165, 1.54) is 21.5 Å². The van der Waals surface area contributed by atoms with Crippen molar-refractivity contribution in [1.29, 1.82) is 0 Å². The van der Waals surface area contributed by atoms with E-state index in [1.54, 1.807) is 0 Å². The molecule has 0 saturated carbocycles. The molecule has 0 saturated heterocycles. The number of fused-ring (bicyclic) bond motifs is 8. The van der Waals surface area contributed by atoms with Crippen LogP contribution in [0.5, 0.6) is 0 Å². The minimum absolute atomic E-state index is 0.984. The molecule has 0 radical (unpaired) electrons. The van der Waals surface area contributed by atoms with E-state index in [9.17, 15) is 0 Å². The molecule has 11 aromatic rings. The highest BCUT2D eigenvalue weighted by Gasteiger charge is 2.17. The van der Waals surface area contributed by atoms with E-state index in [1.807, 2.05) is 31.0 Å². The van der Waals surface area contributed by atoms with Gasteiger partial charge in [-0.25, -0.2) is 0 Å². The third-order valence-electron chi connectivity index (χ3n) is 10.5. The first kappa shape index (κ1) is 28.7. The Morgan fingerprint density at radius 2 is 0.962 bits per heavy atom. The quantitative estimate of drug-likeness (QED) is 0.188. The zero-order chi connectivity index (χ0) is 34.2. The van der Waals surface area contributed by atoms with Crippen molar-refractivity contribution in [2.75, 3.05) is 0 Å². The summed E-state index contributed by atoms with van der Waals surface area (Å²) in [5.41, 5.74) is 11.1. The maximum absolute atomic E-state index is 4.82. The summed E-state index contributed by atoms with van der Waals surface area (Å²) in [4.78, 5) is 13.9. The predicted molar refractivity (Wildman–Crippen MR) is 214 cm³/mol. The Morgan fingerprint density at radius 3 is 1.67 bits per heavy atom. The Labute approximate surface area is 298 Å². The molecule has 0 bridgehead atoms. The second-order valence-corrected chi connectivity index (χ2v) is 13.4. The maximum Gasteiger partial charge on any atom is 0.0781 e. The summed E-state index contributed by atoms with van der Waals surface area (Å²) in [6, 6.07) is 52.2. The predicted octanol–water partition coefficient (Wildman–Crippen LogP) is 11.7. The lowest BCUT2D eigenvalue weighted by atomic mass is 10.0. The highest BCUT2D eigenvalue weighted by molar-refractivity contribution is 6.12. The molecule has 5 aromatic heterocycles. The summed E-state index contributed by atoms with van der Waals surface area (Å²) >= 11 is 0. The van der Waals surface area contributed by atoms with Crippen molar-refractivity contribution < 1.29 is 0 Å². The molecule has 6 aromatic carbocycles. The van der Waals surface area contributed by atoms with Crippen molar-refractivity contribution >= 4 is 65.2 Å². The van der Waals surface area contributed by atoms with Crippen LogP contribution in [0, 0.1) is 0 Å². The van der Waals surface area contributed by atoms with Crippen LogP contribution in [0.2, 0.25) is 0 Å². The molecule has 242 valence electrons. The van der Waals surface area contributed by atoms with E-state index in [4.69, 9.17) is 4.98 Å². The SMILES string of the molecule is c1cc(-c2nccc3ccccc23)cc(-n2c3ccncc3c3cc(-c4ccc5c(c4)c4cnccc4n5-c4ccc5ccccc5c4)ccc32)c1. The molecule has 0 aliphatic rings. The van der Waals surface area contributed by atoms with E-state index >= 15 is 0 Å². The molecule has 0 spiro atoms. The number of aromatic nitrogens is 5. The zero-order valence-electron chi connectivity index (χ0n) is 28.0. The summed E-state index contributed by atoms with van der Waals surface area (Å²) in [6.45, 7) is 0. The number of rotatable bonds is 4. The number of hydrogen-bond donors (Lipinski definition) is 0. The molecule has 0 unspecified atom stereocenters. The van der Waals surface area contributed by atoms with Gasteiger partial charge in [-0.15, -0.1) is 0 Å². The molecule has 5 heterocycles. The monoisotopic (exact) mass is 663 g/mol. The van der Waals surface area contributed by atoms with Gasteiger partial charge in [-0.3, -0.25) is 15.0 Å². The van der Waals surface area contributed by atoms with Gasteiger partial charge >= 0.3 is 0 Å². The molecule has 0 aliphatic heterocycles. The molecule has 0 aliphatic carbocycles. The average molecular weight is 664 g/mol. The Morgan fingerprint density at radius 1 is 0.346 bits per heavy atom. The van der Waals surface area contributed by atoms with Crippen LogP contribution in [-0.4, -0.2) is 24.1 Å². The smallest absolute Gasteiger partial charge is 0.0781 e. The summed E-state index contributed by atoms with van der Waals surface area (Å²) in [7, 11) is 0. The number of nitrogens with zero attached hydrogens (tertiary/aromatic N) is 5. The van der Waals surface area contributed by atoms with Crippen molar-refractivity contribution in [1.82, 2.24) is 24.1 Å². The van der Waals surface area contributed by atoms with Crippen LogP contribution in [0.15, 0.2) is 177 Å². The fourth-order valence-electron chi connectivity index (χ4n) is 8.11. The molecule has 11 rings (SSSR count). The van der Waals surface area contributed by atoms with Gasteiger partial charge in [0.2, 0.25) is 0 Å². The first-order valence-corrected chi connectivity index (χ1v) is 17.5. The van der Waals surface area contributed by atoms with Crippen molar-refractivity contribution in [3.05, 3.63) is 177 Å². The lowest BCUT2D eigenvalue weighted by molar-refractivity contribution is 1.17. The van der Waals surface area contributed by atoms with Gasteiger partial charge in [0.05, 0.1) is 27.8 Å². The van der Waals surface area contributed by atoms with Crippen LogP contribution in [0.4, 0.5) is 0 Å². The summed E-state index contributed by atoms with van der Waals surface area (Å²) in [6.07, 6.45) is 9.63. The minimum atomic E-state index is 0.984. The molecular weight excluding hydrogens is 635 g/mol. The number of hydrogen-bond acceptors (Lipinski definition) is 3. The van der Waals surface area contributed by atoms with E-state index < -0.39 is 0 Å². The van der Waals surface area contributed by atoms with Gasteiger partial charge in [0.15, 0.2) is 0 Å². The Balaban J connectivity index is 1.07. The van der Waals surface area contributed by atoms with E-state index in [0.717, 1.165) is 77.4 Å². The van der Waals surface area contributed by atoms with Crippen molar-refractivity contribution in [2.45, 2.75) is 0 Å². The second-order valence-electron chi connectivity index (χ2n) is 13.4. The topological polar surface area (TPSA) is 48.5 Å². The molecule has 5 heteroatoms. The highest BCUT2D eigenvalue weighted by atomic mass is 15.0. The van der Waals surface area contributed by atoms with Crippen LogP contribution in [0.3, 0.4) is 0 Å². The fraction of sp³-hybridized carbons (Fsp3) is 0. The first-order valence-electron chi connectivity index (χ1n) is 17.5. The van der Waals surface area contributed by atoms with Gasteiger partial charge in [-0.2, -0.15) is 0 Å². The van der Waals surface area contributed by atoms with Gasteiger partial charge in [0.1, 0.15) is 0 Å². The third-order valence-corrected chi connectivity index (χ3v) is 10.5. The fourth-order valence-corrected chi connectivity index (χ4v) is 8.11. The molecule has 0 atom stereocenters. The van der Waals surface area contributed by atoms with Gasteiger partial charge in [0.25, 0.3) is 0 Å². The average Bonchev–Trinajstić information content (AvgIpc) is 3.73. The van der Waals surface area contributed by atoms with Crippen LogP contribution >= 0.6 is 0 Å². The molecule has 52 heavy (non-hydrogen) atoms. The van der Waals surface area contributed by atoms with Crippen molar-refractivity contribution in [3.63, 3.8) is 0 Å². The van der Waals surface area contributed by atoms with Crippen LogP contribution in [0.25, 0.3) is 98.9 Å². The van der Waals surface area contributed by atoms with E-state index in [2.05, 4.69) is 165 Å². The number of benzene rings is 6. The highest BCUT2D eigenvalue weighted by Crippen LogP contribution is 2.39. The van der Waals surface area contributed by atoms with E-state index in [0.29, 0.717) is 0 Å². The molecule has 0 N–H and O–H groups in total. The van der Waals surface area contributed by atoms with Crippen LogP contribution in [0.1, 0.15) is 0 Å². The van der Waals surface area contributed by atoms with E-state index in [-0.39, 0.29) is 0 Å². The maximum atomic E-state index is 4.82. The van der Waals surface area contributed by atoms with Gasteiger partial charge in [-0.05, 0) is 94.0 Å². The molecule has 5 nitrogen and oxygen atoms in total. The first-order chi connectivity index (χ1) is 25.8. The van der Waals surface area contributed by atoms with Gasteiger partial charge < -0.3 is 9.13 Å². The lowest BCUT2D eigenvalue weighted by Crippen LogP contribution is -1.95. The Bertz CT molecular complexity index is 3200. The van der Waals surface area contributed by atoms with Crippen molar-refractivity contribution in [2.24, 2.45) is 0 Å². The standard InChI is InChI=1S/C47H29N5/c1-2-8-32-24-37(15-12-30(32)6-1)52-44-17-14-34(27-40(44)42-29-49-22-20-46(42)52)33-13-16-43-39(26-33)41-28-48-21-19-45(41)51(43)36-10-5-9-35(25-36)47-38-11-4-3-7-31(38)18-23-50-47/h1-29H. The number of pyridine rings is 3. The Hall–Kier alpha value is -7.11. The normalized spacial score (nSPS) is 11.8. The third kappa shape index (κ3) is 4.33. The van der Waals surface area contributed by atoms with Gasteiger partial charge in [-0.1, -0.05) is 78.9 Å². The largest absolute Gasteiger partial charge is 0.309 e. The summed E-state index contributed by atoms with van der Waals surface area (Å²) < 4.78 is 4.70. The van der Waals surface area contributed by atoms with Gasteiger partial charge in [0, 0.05) is 74.9 Å². The molecular formula is C47H29N5. The van der Waals surface area contributed by atoms with Crippen LogP contribution in [-0.2, 0) is 0 Å². The van der Waals surface area contributed by atoms with Crippen LogP contribution < -0.4 is 0 Å². The Kier molecular flexibility index (Phi) is 6.18. The summed E-state index contributed by atoms with van der Waals surface area (Å²) in [5, 5.41) is 9.37. The minimum Gasteiger partial charge on any atom is -0.309 e. The lowest BCUT2D eigenvalue weighted by Gasteiger charge is -2.12.